The van der Waals surface area contributed by atoms with E-state index in [1.807, 2.05) is 26.0 Å². The fourth-order valence-corrected chi connectivity index (χ4v) is 3.15. The number of aryl methyl sites for hydroxylation is 1. The molecule has 1 aromatic carbocycles. The zero-order valence-electron chi connectivity index (χ0n) is 15.2. The van der Waals surface area contributed by atoms with Crippen LogP contribution in [-0.2, 0) is 6.54 Å². The van der Waals surface area contributed by atoms with Gasteiger partial charge in [-0.25, -0.2) is 9.78 Å². The molecule has 140 valence electrons. The molecule has 3 rings (SSSR count). The molecule has 0 fully saturated rings. The molecule has 0 spiro atoms. The predicted octanol–water partition coefficient (Wildman–Crippen LogP) is 3.09. The van der Waals surface area contributed by atoms with Gasteiger partial charge in [-0.2, -0.15) is 0 Å². The lowest BCUT2D eigenvalue weighted by Crippen LogP contribution is -2.32. The number of benzene rings is 1. The Morgan fingerprint density at radius 1 is 1.26 bits per heavy atom. The number of nitrogens with one attached hydrogen (secondary N) is 2. The third-order valence-electron chi connectivity index (χ3n) is 4.22. The van der Waals surface area contributed by atoms with Crippen LogP contribution in [0.25, 0.3) is 11.0 Å². The lowest BCUT2D eigenvalue weighted by atomic mass is 10.0. The van der Waals surface area contributed by atoms with Gasteiger partial charge in [-0.05, 0) is 65.8 Å². The van der Waals surface area contributed by atoms with Crippen LogP contribution in [0.2, 0.25) is 0 Å². The number of nitrogens with zero attached hydrogens (tertiary/aromatic N) is 2. The highest BCUT2D eigenvalue weighted by atomic mass is 127. The summed E-state index contributed by atoms with van der Waals surface area (Å²) in [6.45, 7) is 6.00. The fraction of sp³-hybridized carbons (Fsp3) is 0.263. The Balaban J connectivity index is 2.24. The van der Waals surface area contributed by atoms with Crippen LogP contribution in [0.1, 0.15) is 42.7 Å². The molecule has 7 nitrogen and oxygen atoms in total. The van der Waals surface area contributed by atoms with Gasteiger partial charge >= 0.3 is 5.69 Å². The number of hydrogen-bond acceptors (Lipinski definition) is 4. The molecule has 0 saturated carbocycles. The van der Waals surface area contributed by atoms with Crippen LogP contribution in [0.5, 0.6) is 0 Å². The Kier molecular flexibility index (Phi) is 5.45. The molecular weight excluding hydrogens is 459 g/mol. The lowest BCUT2D eigenvalue weighted by molar-refractivity contribution is 0.102. The first-order valence-corrected chi connectivity index (χ1v) is 9.64. The van der Waals surface area contributed by atoms with Gasteiger partial charge in [0.05, 0.1) is 10.9 Å². The van der Waals surface area contributed by atoms with Crippen LogP contribution in [0.4, 0.5) is 5.69 Å². The zero-order valence-corrected chi connectivity index (χ0v) is 17.3. The molecule has 2 aromatic heterocycles. The summed E-state index contributed by atoms with van der Waals surface area (Å²) in [7, 11) is 0. The Hall–Kier alpha value is -2.49. The van der Waals surface area contributed by atoms with E-state index in [-0.39, 0.29) is 22.5 Å². The molecule has 0 atom stereocenters. The number of aromatic nitrogens is 3. The van der Waals surface area contributed by atoms with Gasteiger partial charge in [0.25, 0.3) is 11.5 Å². The SMILES string of the molecule is CCn1c(=O)[nH]c(=O)c2c(C(=O)Nc3ccc(I)cc3)cc(C(C)C)nc21. The van der Waals surface area contributed by atoms with Gasteiger partial charge in [0, 0.05) is 21.5 Å². The minimum absolute atomic E-state index is 0.0268. The highest BCUT2D eigenvalue weighted by molar-refractivity contribution is 14.1. The maximum atomic E-state index is 12.9. The van der Waals surface area contributed by atoms with Crippen molar-refractivity contribution in [2.24, 2.45) is 0 Å². The quantitative estimate of drug-likeness (QED) is 0.564. The van der Waals surface area contributed by atoms with Gasteiger partial charge in [0.2, 0.25) is 0 Å². The maximum absolute atomic E-state index is 12.9. The van der Waals surface area contributed by atoms with Gasteiger partial charge in [0.15, 0.2) is 5.65 Å². The van der Waals surface area contributed by atoms with Crippen molar-refractivity contribution < 1.29 is 4.79 Å². The summed E-state index contributed by atoms with van der Waals surface area (Å²) in [5, 5.41) is 2.93. The maximum Gasteiger partial charge on any atom is 0.329 e. The van der Waals surface area contributed by atoms with Crippen LogP contribution in [0.15, 0.2) is 39.9 Å². The normalized spacial score (nSPS) is 11.1. The average molecular weight is 478 g/mol. The number of halogens is 1. The van der Waals surface area contributed by atoms with Crippen molar-refractivity contribution >= 4 is 45.2 Å². The van der Waals surface area contributed by atoms with E-state index in [1.54, 1.807) is 25.1 Å². The number of rotatable bonds is 4. The topological polar surface area (TPSA) is 96.9 Å². The number of H-pyrrole nitrogens is 1. The zero-order chi connectivity index (χ0) is 19.7. The second-order valence-electron chi connectivity index (χ2n) is 6.41. The van der Waals surface area contributed by atoms with Gasteiger partial charge in [-0.3, -0.25) is 19.1 Å². The van der Waals surface area contributed by atoms with E-state index in [9.17, 15) is 14.4 Å². The summed E-state index contributed by atoms with van der Waals surface area (Å²) < 4.78 is 2.41. The summed E-state index contributed by atoms with van der Waals surface area (Å²) in [5.41, 5.74) is 0.540. The largest absolute Gasteiger partial charge is 0.329 e. The first-order valence-electron chi connectivity index (χ1n) is 8.56. The molecule has 0 unspecified atom stereocenters. The third kappa shape index (κ3) is 3.80. The van der Waals surface area contributed by atoms with E-state index >= 15 is 0 Å². The molecule has 0 aliphatic carbocycles. The first-order chi connectivity index (χ1) is 12.8. The van der Waals surface area contributed by atoms with Crippen molar-refractivity contribution in [2.75, 3.05) is 5.32 Å². The highest BCUT2D eigenvalue weighted by Gasteiger charge is 2.20. The molecule has 0 bridgehead atoms. The molecule has 1 amide bonds. The Bertz CT molecular complexity index is 1130. The molecule has 27 heavy (non-hydrogen) atoms. The number of carbonyl (C=O) groups is 1. The van der Waals surface area contributed by atoms with Gasteiger partial charge in [-0.15, -0.1) is 0 Å². The van der Waals surface area contributed by atoms with Crippen LogP contribution in [0.3, 0.4) is 0 Å². The number of fused-ring (bicyclic) bond motifs is 1. The number of anilines is 1. The molecule has 0 aliphatic heterocycles. The second kappa shape index (κ2) is 7.63. The molecule has 2 heterocycles. The number of carbonyl (C=O) groups excluding carboxylic acids is 1. The molecule has 0 aliphatic rings. The van der Waals surface area contributed by atoms with Crippen molar-refractivity contribution in [3.8, 4) is 0 Å². The average Bonchev–Trinajstić information content (AvgIpc) is 2.62. The van der Waals surface area contributed by atoms with E-state index in [0.29, 0.717) is 17.9 Å². The number of hydrogen-bond donors (Lipinski definition) is 2. The smallest absolute Gasteiger partial charge is 0.322 e. The van der Waals surface area contributed by atoms with E-state index in [0.717, 1.165) is 3.57 Å². The second-order valence-corrected chi connectivity index (χ2v) is 7.66. The summed E-state index contributed by atoms with van der Waals surface area (Å²) in [5.74, 6) is -0.392. The monoisotopic (exact) mass is 478 g/mol. The van der Waals surface area contributed by atoms with Gasteiger partial charge in [-0.1, -0.05) is 13.8 Å². The minimum Gasteiger partial charge on any atom is -0.322 e. The Morgan fingerprint density at radius 3 is 2.52 bits per heavy atom. The number of pyridine rings is 1. The van der Waals surface area contributed by atoms with Crippen LogP contribution in [0, 0.1) is 3.57 Å². The van der Waals surface area contributed by atoms with Crippen molar-refractivity contribution in [2.45, 2.75) is 33.2 Å². The van der Waals surface area contributed by atoms with Gasteiger partial charge < -0.3 is 5.32 Å². The van der Waals surface area contributed by atoms with Crippen LogP contribution >= 0.6 is 22.6 Å². The first kappa shape index (κ1) is 19.3. The highest BCUT2D eigenvalue weighted by Crippen LogP contribution is 2.21. The van der Waals surface area contributed by atoms with Crippen molar-refractivity contribution in [1.82, 2.24) is 14.5 Å². The summed E-state index contributed by atoms with van der Waals surface area (Å²) in [4.78, 5) is 44.3. The van der Waals surface area contributed by atoms with E-state index < -0.39 is 17.2 Å². The van der Waals surface area contributed by atoms with E-state index in [1.165, 1.54) is 4.57 Å². The molecule has 2 N–H and O–H groups in total. The summed E-state index contributed by atoms with van der Waals surface area (Å²) >= 11 is 2.18. The predicted molar refractivity (Wildman–Crippen MR) is 113 cm³/mol. The molecule has 3 aromatic rings. The Morgan fingerprint density at radius 2 is 1.93 bits per heavy atom. The number of amides is 1. The lowest BCUT2D eigenvalue weighted by Gasteiger charge is -2.14. The Labute approximate surface area is 169 Å². The molecule has 0 saturated heterocycles. The van der Waals surface area contributed by atoms with Crippen LogP contribution < -0.4 is 16.6 Å². The standard InChI is InChI=1S/C19H19IN4O3/c1-4-24-16-15(18(26)23-19(24)27)13(9-14(22-16)10(2)3)17(25)21-12-7-5-11(20)6-8-12/h5-10H,4H2,1-3H3,(H,21,25)(H,23,26,27). The third-order valence-corrected chi connectivity index (χ3v) is 4.94. The molecule has 8 heteroatoms. The van der Waals surface area contributed by atoms with Crippen molar-refractivity contribution in [3.63, 3.8) is 0 Å². The van der Waals surface area contributed by atoms with Crippen LogP contribution in [-0.4, -0.2) is 20.4 Å². The van der Waals surface area contributed by atoms with Gasteiger partial charge in [0.1, 0.15) is 0 Å². The molecular formula is C19H19IN4O3. The number of aromatic amines is 1. The molecule has 0 radical (unpaired) electrons. The fourth-order valence-electron chi connectivity index (χ4n) is 2.79. The minimum atomic E-state index is -0.615. The summed E-state index contributed by atoms with van der Waals surface area (Å²) in [6, 6.07) is 8.95. The van der Waals surface area contributed by atoms with E-state index in [2.05, 4.69) is 37.9 Å². The summed E-state index contributed by atoms with van der Waals surface area (Å²) in [6.07, 6.45) is 0. The van der Waals surface area contributed by atoms with Crippen molar-refractivity contribution in [3.05, 3.63) is 66.0 Å². The van der Waals surface area contributed by atoms with Crippen molar-refractivity contribution in [1.29, 1.82) is 0 Å². The van der Waals surface area contributed by atoms with E-state index in [4.69, 9.17) is 0 Å².